The van der Waals surface area contributed by atoms with Gasteiger partial charge in [0.15, 0.2) is 0 Å². The number of pyridine rings is 1. The minimum absolute atomic E-state index is 0.0400. The fourth-order valence-corrected chi connectivity index (χ4v) is 2.80. The van der Waals surface area contributed by atoms with Crippen LogP contribution in [0.15, 0.2) is 41.4 Å². The fourth-order valence-electron chi connectivity index (χ4n) is 2.29. The van der Waals surface area contributed by atoms with Crippen LogP contribution in [-0.4, -0.2) is 19.3 Å². The molecule has 2 aromatic rings. The third-order valence-corrected chi connectivity index (χ3v) is 4.30. The van der Waals surface area contributed by atoms with Crippen molar-refractivity contribution in [2.45, 2.75) is 17.9 Å². The molecular weight excluding hydrogens is 304 g/mol. The number of anilines is 2. The van der Waals surface area contributed by atoms with Gasteiger partial charge in [-0.3, -0.25) is 9.78 Å². The van der Waals surface area contributed by atoms with E-state index in [-0.39, 0.29) is 10.8 Å². The average Bonchev–Trinajstić information content (AvgIpc) is 2.85. The van der Waals surface area contributed by atoms with Crippen molar-refractivity contribution in [3.05, 3.63) is 47.8 Å². The van der Waals surface area contributed by atoms with Crippen LogP contribution in [0.2, 0.25) is 0 Å². The molecule has 3 rings (SSSR count). The Morgan fingerprint density at radius 3 is 2.64 bits per heavy atom. The summed E-state index contributed by atoms with van der Waals surface area (Å²) in [4.78, 5) is 15.8. The quantitative estimate of drug-likeness (QED) is 0.772. The number of rotatable bonds is 4. The van der Waals surface area contributed by atoms with Crippen LogP contribution in [0.5, 0.6) is 0 Å². The predicted molar refractivity (Wildman–Crippen MR) is 81.7 cm³/mol. The normalized spacial score (nSPS) is 13.6. The Morgan fingerprint density at radius 1 is 1.23 bits per heavy atom. The van der Waals surface area contributed by atoms with Gasteiger partial charge in [0.2, 0.25) is 15.9 Å². The van der Waals surface area contributed by atoms with Gasteiger partial charge < -0.3 is 10.6 Å². The number of benzene rings is 1. The van der Waals surface area contributed by atoms with Crippen LogP contribution in [0.4, 0.5) is 11.4 Å². The van der Waals surface area contributed by atoms with Gasteiger partial charge in [0, 0.05) is 11.9 Å². The number of hydrogen-bond acceptors (Lipinski definition) is 5. The van der Waals surface area contributed by atoms with E-state index >= 15 is 0 Å². The van der Waals surface area contributed by atoms with Crippen LogP contribution in [-0.2, 0) is 27.8 Å². The maximum absolute atomic E-state index is 11.4. The Kier molecular flexibility index (Phi) is 3.55. The van der Waals surface area contributed by atoms with Crippen molar-refractivity contribution < 1.29 is 13.2 Å². The molecule has 8 heteroatoms. The van der Waals surface area contributed by atoms with E-state index in [4.69, 9.17) is 5.14 Å². The Bertz CT molecular complexity index is 832. The van der Waals surface area contributed by atoms with E-state index in [1.807, 2.05) is 6.07 Å². The third kappa shape index (κ3) is 2.92. The Balaban J connectivity index is 1.74. The highest BCUT2D eigenvalue weighted by atomic mass is 32.2. The summed E-state index contributed by atoms with van der Waals surface area (Å²) in [6, 6.07) is 7.94. The minimum atomic E-state index is -3.69. The molecule has 0 aliphatic carbocycles. The zero-order chi connectivity index (χ0) is 15.7. The number of aromatic nitrogens is 1. The molecule has 4 N–H and O–H groups in total. The lowest BCUT2D eigenvalue weighted by atomic mass is 10.1. The smallest absolute Gasteiger partial charge is 0.238 e. The van der Waals surface area contributed by atoms with Crippen molar-refractivity contribution in [1.29, 1.82) is 0 Å². The number of nitrogens with one attached hydrogen (secondary N) is 2. The molecule has 1 amide bonds. The summed E-state index contributed by atoms with van der Waals surface area (Å²) in [7, 11) is -3.69. The molecule has 0 bridgehead atoms. The zero-order valence-corrected chi connectivity index (χ0v) is 12.4. The van der Waals surface area contributed by atoms with Gasteiger partial charge in [-0.25, -0.2) is 13.6 Å². The first-order valence-electron chi connectivity index (χ1n) is 6.57. The predicted octanol–water partition coefficient (Wildman–Crippen LogP) is 0.836. The lowest BCUT2D eigenvalue weighted by Crippen LogP contribution is -2.12. The topological polar surface area (TPSA) is 114 Å². The van der Waals surface area contributed by atoms with Gasteiger partial charge in [-0.15, -0.1) is 0 Å². The summed E-state index contributed by atoms with van der Waals surface area (Å²) in [5, 5.41) is 11.0. The maximum atomic E-state index is 11.4. The van der Waals surface area contributed by atoms with Crippen molar-refractivity contribution in [3.63, 3.8) is 0 Å². The molecule has 0 saturated carbocycles. The summed E-state index contributed by atoms with van der Waals surface area (Å²) in [5.74, 6) is -0.0400. The number of carbonyl (C=O) groups is 1. The van der Waals surface area contributed by atoms with Crippen LogP contribution >= 0.6 is 0 Å². The second-order valence-corrected chi connectivity index (χ2v) is 6.50. The lowest BCUT2D eigenvalue weighted by molar-refractivity contribution is -0.115. The molecular formula is C14H14N4O3S. The van der Waals surface area contributed by atoms with Gasteiger partial charge in [0.05, 0.1) is 29.2 Å². The highest BCUT2D eigenvalue weighted by Crippen LogP contribution is 2.26. The largest absolute Gasteiger partial charge is 0.379 e. The van der Waals surface area contributed by atoms with Crippen molar-refractivity contribution in [2.75, 3.05) is 10.6 Å². The zero-order valence-electron chi connectivity index (χ0n) is 11.5. The standard InChI is InChI=1S/C14H14N4O3S/c15-22(20,21)11-3-1-10(2-4-11)17-8-12-14-9(5-6-16-12)7-13(19)18-14/h1-6,17H,7-8H2,(H,18,19)(H2,15,20,21). The molecule has 114 valence electrons. The van der Waals surface area contributed by atoms with Crippen molar-refractivity contribution >= 4 is 27.3 Å². The van der Waals surface area contributed by atoms with Gasteiger partial charge in [-0.2, -0.15) is 0 Å². The first-order chi connectivity index (χ1) is 10.4. The summed E-state index contributed by atoms with van der Waals surface area (Å²) in [6.45, 7) is 0.415. The van der Waals surface area contributed by atoms with Crippen LogP contribution in [0.25, 0.3) is 0 Å². The van der Waals surface area contributed by atoms with E-state index in [1.54, 1.807) is 18.3 Å². The second kappa shape index (κ2) is 5.39. The number of hydrogen-bond donors (Lipinski definition) is 3. The Labute approximate surface area is 127 Å². The van der Waals surface area contributed by atoms with Crippen molar-refractivity contribution in [3.8, 4) is 0 Å². The molecule has 0 unspecified atom stereocenters. The maximum Gasteiger partial charge on any atom is 0.238 e. The third-order valence-electron chi connectivity index (χ3n) is 3.37. The molecule has 1 aliphatic rings. The molecule has 0 saturated heterocycles. The first-order valence-corrected chi connectivity index (χ1v) is 8.11. The monoisotopic (exact) mass is 318 g/mol. The van der Waals surface area contributed by atoms with Crippen LogP contribution in [0.1, 0.15) is 11.3 Å². The van der Waals surface area contributed by atoms with Gasteiger partial charge >= 0.3 is 0 Å². The molecule has 2 heterocycles. The molecule has 1 aliphatic heterocycles. The number of nitrogens with two attached hydrogens (primary N) is 1. The summed E-state index contributed by atoms with van der Waals surface area (Å²) < 4.78 is 22.4. The van der Waals surface area contributed by atoms with E-state index in [1.165, 1.54) is 12.1 Å². The molecule has 0 atom stereocenters. The summed E-state index contributed by atoms with van der Waals surface area (Å²) in [6.07, 6.45) is 2.04. The molecule has 7 nitrogen and oxygen atoms in total. The SMILES string of the molecule is NS(=O)(=O)c1ccc(NCc2nccc3c2NC(=O)C3)cc1. The summed E-state index contributed by atoms with van der Waals surface area (Å²) in [5.41, 5.74) is 3.15. The average molecular weight is 318 g/mol. The Hall–Kier alpha value is -2.45. The van der Waals surface area contributed by atoms with E-state index in [0.29, 0.717) is 13.0 Å². The van der Waals surface area contributed by atoms with Crippen LogP contribution in [0, 0.1) is 0 Å². The molecule has 0 radical (unpaired) electrons. The fraction of sp³-hybridized carbons (Fsp3) is 0.143. The molecule has 0 spiro atoms. The highest BCUT2D eigenvalue weighted by Gasteiger charge is 2.20. The minimum Gasteiger partial charge on any atom is -0.379 e. The highest BCUT2D eigenvalue weighted by molar-refractivity contribution is 7.89. The van der Waals surface area contributed by atoms with Crippen LogP contribution < -0.4 is 15.8 Å². The Morgan fingerprint density at radius 2 is 1.95 bits per heavy atom. The number of primary sulfonamides is 1. The number of fused-ring (bicyclic) bond motifs is 1. The molecule has 0 fully saturated rings. The molecule has 1 aromatic carbocycles. The number of nitrogens with zero attached hydrogens (tertiary/aromatic N) is 1. The number of carbonyl (C=O) groups excluding carboxylic acids is 1. The van der Waals surface area contributed by atoms with Crippen molar-refractivity contribution in [1.82, 2.24) is 4.98 Å². The first kappa shape index (κ1) is 14.5. The van der Waals surface area contributed by atoms with Crippen LogP contribution in [0.3, 0.4) is 0 Å². The molecule has 1 aromatic heterocycles. The van der Waals surface area contributed by atoms with Gasteiger partial charge in [0.1, 0.15) is 0 Å². The van der Waals surface area contributed by atoms with E-state index in [0.717, 1.165) is 22.6 Å². The molecule has 22 heavy (non-hydrogen) atoms. The van der Waals surface area contributed by atoms with E-state index in [2.05, 4.69) is 15.6 Å². The lowest BCUT2D eigenvalue weighted by Gasteiger charge is -2.10. The summed E-state index contributed by atoms with van der Waals surface area (Å²) >= 11 is 0. The van der Waals surface area contributed by atoms with Gasteiger partial charge in [-0.05, 0) is 35.9 Å². The van der Waals surface area contributed by atoms with Gasteiger partial charge in [-0.1, -0.05) is 0 Å². The van der Waals surface area contributed by atoms with Gasteiger partial charge in [0.25, 0.3) is 0 Å². The van der Waals surface area contributed by atoms with Crippen molar-refractivity contribution in [2.24, 2.45) is 5.14 Å². The van der Waals surface area contributed by atoms with E-state index < -0.39 is 10.0 Å². The van der Waals surface area contributed by atoms with E-state index in [9.17, 15) is 13.2 Å². The second-order valence-electron chi connectivity index (χ2n) is 4.94. The number of sulfonamides is 1. The number of amides is 1.